The van der Waals surface area contributed by atoms with Gasteiger partial charge in [-0.25, -0.2) is 0 Å². The summed E-state index contributed by atoms with van der Waals surface area (Å²) in [6, 6.07) is -0.612. The molecule has 1 amide bonds. The SMILES string of the molecule is CCCCCCCCCCCCCCCCCCCCCCCC/C=C/C(O)C(CO)NC(=O)CCCCCC. The molecule has 238 valence electrons. The number of unbranched alkanes of at least 4 members (excludes halogenated alkanes) is 25. The van der Waals surface area contributed by atoms with E-state index in [1.807, 2.05) is 6.08 Å². The van der Waals surface area contributed by atoms with Crippen LogP contribution in [0.4, 0.5) is 0 Å². The molecule has 0 saturated carbocycles. The van der Waals surface area contributed by atoms with Crippen molar-refractivity contribution in [3.63, 3.8) is 0 Å². The van der Waals surface area contributed by atoms with Crippen LogP contribution >= 0.6 is 0 Å². The summed E-state index contributed by atoms with van der Waals surface area (Å²) in [6.45, 7) is 4.19. The fourth-order valence-electron chi connectivity index (χ4n) is 5.47. The van der Waals surface area contributed by atoms with Gasteiger partial charge in [0.1, 0.15) is 0 Å². The van der Waals surface area contributed by atoms with Crippen molar-refractivity contribution in [1.82, 2.24) is 5.32 Å². The number of carbonyl (C=O) groups excluding carboxylic acids is 1. The highest BCUT2D eigenvalue weighted by molar-refractivity contribution is 5.76. The molecule has 0 aliphatic heterocycles. The van der Waals surface area contributed by atoms with Crippen LogP contribution in [0.2, 0.25) is 0 Å². The number of nitrogens with one attached hydrogen (secondary N) is 1. The third-order valence-corrected chi connectivity index (χ3v) is 8.27. The second-order valence-electron chi connectivity index (χ2n) is 12.3. The van der Waals surface area contributed by atoms with Crippen molar-refractivity contribution in [3.8, 4) is 0 Å². The zero-order valence-electron chi connectivity index (χ0n) is 27.1. The molecule has 0 aliphatic rings. The Kier molecular flexibility index (Phi) is 31.9. The molecular weight excluding hydrogens is 494 g/mol. The van der Waals surface area contributed by atoms with Gasteiger partial charge in [0.05, 0.1) is 18.8 Å². The van der Waals surface area contributed by atoms with Gasteiger partial charge >= 0.3 is 0 Å². The lowest BCUT2D eigenvalue weighted by molar-refractivity contribution is -0.123. The van der Waals surface area contributed by atoms with Crippen molar-refractivity contribution in [2.24, 2.45) is 0 Å². The van der Waals surface area contributed by atoms with Crippen molar-refractivity contribution < 1.29 is 15.0 Å². The summed E-state index contributed by atoms with van der Waals surface area (Å²) in [7, 11) is 0. The van der Waals surface area contributed by atoms with Gasteiger partial charge in [0.25, 0.3) is 0 Å². The molecule has 4 nitrogen and oxygen atoms in total. The van der Waals surface area contributed by atoms with Crippen LogP contribution in [0, 0.1) is 0 Å². The van der Waals surface area contributed by atoms with Crippen molar-refractivity contribution in [2.75, 3.05) is 6.61 Å². The first kappa shape index (κ1) is 39.1. The lowest BCUT2D eigenvalue weighted by atomic mass is 10.0. The number of aliphatic hydroxyl groups is 2. The number of rotatable bonds is 32. The number of allylic oxidation sites excluding steroid dienone is 1. The van der Waals surface area contributed by atoms with Gasteiger partial charge in [-0.05, 0) is 19.3 Å². The molecule has 0 heterocycles. The van der Waals surface area contributed by atoms with Crippen molar-refractivity contribution in [1.29, 1.82) is 0 Å². The second kappa shape index (κ2) is 32.6. The fourth-order valence-corrected chi connectivity index (χ4v) is 5.47. The molecule has 3 N–H and O–H groups in total. The molecule has 0 aromatic carbocycles. The monoisotopic (exact) mass is 566 g/mol. The summed E-state index contributed by atoms with van der Waals surface area (Å²) < 4.78 is 0. The molecule has 0 radical (unpaired) electrons. The molecule has 0 fully saturated rings. The minimum atomic E-state index is -0.829. The first-order valence-corrected chi connectivity index (χ1v) is 17.9. The van der Waals surface area contributed by atoms with Gasteiger partial charge in [0.15, 0.2) is 0 Å². The molecular formula is C36H71NO3. The van der Waals surface area contributed by atoms with Gasteiger partial charge in [-0.3, -0.25) is 4.79 Å². The average Bonchev–Trinajstić information content (AvgIpc) is 2.96. The van der Waals surface area contributed by atoms with Crippen LogP contribution in [0.3, 0.4) is 0 Å². The molecule has 0 spiro atoms. The lowest BCUT2D eigenvalue weighted by Gasteiger charge is -2.19. The molecule has 2 unspecified atom stereocenters. The fraction of sp³-hybridized carbons (Fsp3) is 0.917. The van der Waals surface area contributed by atoms with E-state index in [-0.39, 0.29) is 12.5 Å². The van der Waals surface area contributed by atoms with E-state index in [4.69, 9.17) is 0 Å². The van der Waals surface area contributed by atoms with Crippen LogP contribution in [0.25, 0.3) is 0 Å². The van der Waals surface area contributed by atoms with Crippen LogP contribution in [0.15, 0.2) is 12.2 Å². The van der Waals surface area contributed by atoms with Crippen molar-refractivity contribution >= 4 is 5.91 Å². The molecule has 0 saturated heterocycles. The quantitative estimate of drug-likeness (QED) is 0.0561. The normalized spacial score (nSPS) is 13.2. The van der Waals surface area contributed by atoms with Gasteiger partial charge < -0.3 is 15.5 Å². The first-order chi connectivity index (χ1) is 19.7. The molecule has 40 heavy (non-hydrogen) atoms. The number of hydrogen-bond acceptors (Lipinski definition) is 3. The van der Waals surface area contributed by atoms with Gasteiger partial charge in [-0.2, -0.15) is 0 Å². The maximum atomic E-state index is 12.0. The predicted octanol–water partition coefficient (Wildman–Crippen LogP) is 10.3. The standard InChI is InChI=1S/C36H71NO3/c1-3-5-7-9-10-11-12-13-14-15-16-17-18-19-20-21-22-23-24-25-26-27-28-29-31-35(39)34(33-38)37-36(40)32-30-8-6-4-2/h29,31,34-35,38-39H,3-28,30,32-33H2,1-2H3,(H,37,40)/b31-29+. The van der Waals surface area contributed by atoms with E-state index in [1.54, 1.807) is 6.08 Å². The maximum absolute atomic E-state index is 12.0. The molecule has 0 aliphatic carbocycles. The zero-order chi connectivity index (χ0) is 29.4. The van der Waals surface area contributed by atoms with E-state index in [1.165, 1.54) is 135 Å². The first-order valence-electron chi connectivity index (χ1n) is 17.9. The summed E-state index contributed by atoms with van der Waals surface area (Å²) in [5.41, 5.74) is 0. The van der Waals surface area contributed by atoms with E-state index in [0.29, 0.717) is 6.42 Å². The van der Waals surface area contributed by atoms with E-state index in [2.05, 4.69) is 19.2 Å². The van der Waals surface area contributed by atoms with E-state index in [9.17, 15) is 15.0 Å². The van der Waals surface area contributed by atoms with Crippen LogP contribution in [0.5, 0.6) is 0 Å². The molecule has 2 atom stereocenters. The Labute approximate surface area is 250 Å². The Hall–Kier alpha value is -0.870. The van der Waals surface area contributed by atoms with E-state index in [0.717, 1.165) is 38.5 Å². The Morgan fingerprint density at radius 2 is 0.925 bits per heavy atom. The summed E-state index contributed by atoms with van der Waals surface area (Å²) in [4.78, 5) is 12.0. The number of amides is 1. The lowest BCUT2D eigenvalue weighted by Crippen LogP contribution is -2.45. The highest BCUT2D eigenvalue weighted by atomic mass is 16.3. The summed E-state index contributed by atoms with van der Waals surface area (Å²) in [5, 5.41) is 22.6. The highest BCUT2D eigenvalue weighted by Gasteiger charge is 2.17. The number of aliphatic hydroxyl groups excluding tert-OH is 2. The van der Waals surface area contributed by atoms with E-state index >= 15 is 0 Å². The Morgan fingerprint density at radius 3 is 1.30 bits per heavy atom. The van der Waals surface area contributed by atoms with Crippen molar-refractivity contribution in [2.45, 2.75) is 206 Å². The minimum absolute atomic E-state index is 0.0813. The minimum Gasteiger partial charge on any atom is -0.394 e. The van der Waals surface area contributed by atoms with Crippen molar-refractivity contribution in [3.05, 3.63) is 12.2 Å². The third-order valence-electron chi connectivity index (χ3n) is 8.27. The van der Waals surface area contributed by atoms with Gasteiger partial charge in [-0.15, -0.1) is 0 Å². The Bertz CT molecular complexity index is 536. The maximum Gasteiger partial charge on any atom is 0.220 e. The number of hydrogen-bond donors (Lipinski definition) is 3. The van der Waals surface area contributed by atoms with Crippen LogP contribution in [0.1, 0.15) is 194 Å². The molecule has 0 aromatic heterocycles. The molecule has 4 heteroatoms. The summed E-state index contributed by atoms with van der Waals surface area (Å²) in [5.74, 6) is -0.0813. The van der Waals surface area contributed by atoms with Gasteiger partial charge in [-0.1, -0.05) is 180 Å². The predicted molar refractivity (Wildman–Crippen MR) is 175 cm³/mol. The second-order valence-corrected chi connectivity index (χ2v) is 12.3. The zero-order valence-corrected chi connectivity index (χ0v) is 27.1. The highest BCUT2D eigenvalue weighted by Crippen LogP contribution is 2.15. The molecule has 0 bridgehead atoms. The number of carbonyl (C=O) groups is 1. The molecule has 0 aromatic rings. The summed E-state index contributed by atoms with van der Waals surface area (Å²) >= 11 is 0. The summed E-state index contributed by atoms with van der Waals surface area (Å²) in [6.07, 6.45) is 39.2. The Morgan fingerprint density at radius 1 is 0.575 bits per heavy atom. The van der Waals surface area contributed by atoms with E-state index < -0.39 is 12.1 Å². The van der Waals surface area contributed by atoms with Crippen LogP contribution in [-0.4, -0.2) is 34.9 Å². The largest absolute Gasteiger partial charge is 0.394 e. The topological polar surface area (TPSA) is 69.6 Å². The van der Waals surface area contributed by atoms with Crippen LogP contribution in [-0.2, 0) is 4.79 Å². The van der Waals surface area contributed by atoms with Gasteiger partial charge in [0, 0.05) is 6.42 Å². The smallest absolute Gasteiger partial charge is 0.220 e. The third kappa shape index (κ3) is 28.7. The Balaban J connectivity index is 3.41. The average molecular weight is 566 g/mol. The molecule has 0 rings (SSSR count). The van der Waals surface area contributed by atoms with Crippen LogP contribution < -0.4 is 5.32 Å². The van der Waals surface area contributed by atoms with Gasteiger partial charge in [0.2, 0.25) is 5.91 Å².